The molecule has 1 spiro atoms. The number of rotatable bonds is 3. The topological polar surface area (TPSA) is 56.8 Å². The molecule has 5 aliphatic heterocycles. The van der Waals surface area contributed by atoms with Gasteiger partial charge in [0.25, 0.3) is 6.43 Å². The van der Waals surface area contributed by atoms with Gasteiger partial charge in [-0.05, 0) is 57.6 Å². The Hall–Kier alpha value is -2.36. The van der Waals surface area contributed by atoms with Gasteiger partial charge in [-0.25, -0.2) is 13.8 Å². The third kappa shape index (κ3) is 3.84. The van der Waals surface area contributed by atoms with Crippen LogP contribution in [0.4, 0.5) is 20.3 Å². The number of hydrogen-bond acceptors (Lipinski definition) is 7. The first-order chi connectivity index (χ1) is 18.4. The van der Waals surface area contributed by atoms with Crippen LogP contribution in [0.15, 0.2) is 18.3 Å². The molecule has 38 heavy (non-hydrogen) atoms. The molecule has 0 bridgehead atoms. The summed E-state index contributed by atoms with van der Waals surface area (Å²) in [6.07, 6.45) is 3.54. The SMILES string of the molecule is Cc1ccnc2c1C1(CCN(c3cc4c(c(C(F)F)n3)CCC[C@H]3[C@H](N5CCNCC5)CN43)CC1)OC2C. The number of nitrogens with zero attached hydrogens (tertiary/aromatic N) is 5. The summed E-state index contributed by atoms with van der Waals surface area (Å²) < 4.78 is 35.3. The fourth-order valence-corrected chi connectivity index (χ4v) is 7.83. The fourth-order valence-electron chi connectivity index (χ4n) is 7.83. The summed E-state index contributed by atoms with van der Waals surface area (Å²) in [5.74, 6) is 0.689. The Labute approximate surface area is 223 Å². The molecule has 0 aromatic carbocycles. The van der Waals surface area contributed by atoms with Gasteiger partial charge in [-0.15, -0.1) is 0 Å². The van der Waals surface area contributed by atoms with Gasteiger partial charge in [-0.3, -0.25) is 9.88 Å². The maximum Gasteiger partial charge on any atom is 0.280 e. The lowest BCUT2D eigenvalue weighted by Gasteiger charge is -2.54. The zero-order valence-electron chi connectivity index (χ0n) is 22.4. The number of ether oxygens (including phenoxy) is 1. The third-order valence-corrected chi connectivity index (χ3v) is 9.74. The Morgan fingerprint density at radius 3 is 2.68 bits per heavy atom. The highest BCUT2D eigenvalue weighted by Crippen LogP contribution is 2.50. The van der Waals surface area contributed by atoms with Crippen molar-refractivity contribution in [3.8, 4) is 0 Å². The summed E-state index contributed by atoms with van der Waals surface area (Å²) in [6, 6.07) is 5.10. The fraction of sp³-hybridized carbons (Fsp3) is 0.655. The van der Waals surface area contributed by atoms with Crippen molar-refractivity contribution in [3.05, 3.63) is 46.4 Å². The van der Waals surface area contributed by atoms with Crippen molar-refractivity contribution < 1.29 is 13.5 Å². The molecule has 3 saturated heterocycles. The van der Waals surface area contributed by atoms with E-state index in [0.717, 1.165) is 88.4 Å². The summed E-state index contributed by atoms with van der Waals surface area (Å²) in [7, 11) is 0. The highest BCUT2D eigenvalue weighted by atomic mass is 19.3. The van der Waals surface area contributed by atoms with Gasteiger partial charge >= 0.3 is 0 Å². The van der Waals surface area contributed by atoms with E-state index in [0.29, 0.717) is 24.3 Å². The normalized spacial score (nSPS) is 28.6. The number of aromatic nitrogens is 2. The standard InChI is InChI=1S/C29H38F2N6O/c1-18-6-9-33-26-19(2)38-29(25(18)26)7-12-36(13-8-29)24-16-22-20(27(34-24)28(30)31)4-3-5-21-23(17-37(21)22)35-14-10-32-11-15-35/h6,9,16,19,21,23,28,32H,3-5,7-8,10-15,17H2,1-2H3/t19?,21-,23+/m0/s1. The molecule has 7 rings (SSSR count). The third-order valence-electron chi connectivity index (χ3n) is 9.74. The minimum Gasteiger partial charge on any atom is -0.365 e. The molecule has 3 fully saturated rings. The number of halogens is 2. The van der Waals surface area contributed by atoms with E-state index in [1.807, 2.05) is 6.20 Å². The van der Waals surface area contributed by atoms with Crippen LogP contribution in [0.2, 0.25) is 0 Å². The molecular formula is C29H38F2N6O. The maximum atomic E-state index is 14.4. The molecule has 0 saturated carbocycles. The van der Waals surface area contributed by atoms with Gasteiger partial charge in [0.2, 0.25) is 0 Å². The van der Waals surface area contributed by atoms with E-state index in [1.54, 1.807) is 0 Å². The van der Waals surface area contributed by atoms with Crippen LogP contribution in [-0.2, 0) is 16.8 Å². The van der Waals surface area contributed by atoms with Crippen molar-refractivity contribution in [2.24, 2.45) is 0 Å². The lowest BCUT2D eigenvalue weighted by molar-refractivity contribution is -0.0851. The molecule has 1 N–H and O–H groups in total. The summed E-state index contributed by atoms with van der Waals surface area (Å²) >= 11 is 0. The number of anilines is 2. The minimum atomic E-state index is -2.57. The average Bonchev–Trinajstić information content (AvgIpc) is 3.10. The number of fused-ring (bicyclic) bond motifs is 5. The molecule has 5 aliphatic rings. The summed E-state index contributed by atoms with van der Waals surface area (Å²) in [4.78, 5) is 16.4. The second kappa shape index (κ2) is 9.38. The Balaban J connectivity index is 1.16. The van der Waals surface area contributed by atoms with Crippen molar-refractivity contribution in [2.45, 2.75) is 76.2 Å². The van der Waals surface area contributed by atoms with E-state index in [9.17, 15) is 8.78 Å². The van der Waals surface area contributed by atoms with Gasteiger partial charge in [0, 0.05) is 87.0 Å². The monoisotopic (exact) mass is 524 g/mol. The summed E-state index contributed by atoms with van der Waals surface area (Å²) in [5, 5.41) is 3.45. The lowest BCUT2D eigenvalue weighted by Crippen LogP contribution is -2.69. The first kappa shape index (κ1) is 24.7. The number of hydrogen-bond donors (Lipinski definition) is 1. The predicted octanol–water partition coefficient (Wildman–Crippen LogP) is 4.11. The molecule has 2 aromatic heterocycles. The number of piperazine rings is 1. The first-order valence-corrected chi connectivity index (χ1v) is 14.4. The van der Waals surface area contributed by atoms with Crippen LogP contribution in [0, 0.1) is 6.92 Å². The van der Waals surface area contributed by atoms with Gasteiger partial charge in [0.15, 0.2) is 0 Å². The molecule has 9 heteroatoms. The molecule has 0 amide bonds. The predicted molar refractivity (Wildman–Crippen MR) is 143 cm³/mol. The van der Waals surface area contributed by atoms with Crippen molar-refractivity contribution in [3.63, 3.8) is 0 Å². The molecular weight excluding hydrogens is 486 g/mol. The highest BCUT2D eigenvalue weighted by molar-refractivity contribution is 5.66. The van der Waals surface area contributed by atoms with Gasteiger partial charge in [-0.2, -0.15) is 0 Å². The van der Waals surface area contributed by atoms with Crippen molar-refractivity contribution in [1.82, 2.24) is 20.2 Å². The lowest BCUT2D eigenvalue weighted by atomic mass is 9.82. The molecule has 7 heterocycles. The van der Waals surface area contributed by atoms with Gasteiger partial charge in [0.1, 0.15) is 11.5 Å². The summed E-state index contributed by atoms with van der Waals surface area (Å²) in [6.45, 7) is 10.8. The molecule has 7 nitrogen and oxygen atoms in total. The first-order valence-electron chi connectivity index (χ1n) is 14.4. The summed E-state index contributed by atoms with van der Waals surface area (Å²) in [5.41, 5.74) is 4.90. The molecule has 204 valence electrons. The van der Waals surface area contributed by atoms with Crippen molar-refractivity contribution in [2.75, 3.05) is 55.6 Å². The zero-order valence-corrected chi connectivity index (χ0v) is 22.4. The van der Waals surface area contributed by atoms with Crippen LogP contribution in [0.25, 0.3) is 0 Å². The molecule has 1 unspecified atom stereocenters. The molecule has 3 atom stereocenters. The van der Waals surface area contributed by atoms with E-state index in [4.69, 9.17) is 4.74 Å². The van der Waals surface area contributed by atoms with E-state index >= 15 is 0 Å². The second-order valence-electron chi connectivity index (χ2n) is 11.8. The van der Waals surface area contributed by atoms with Crippen molar-refractivity contribution >= 4 is 11.5 Å². The van der Waals surface area contributed by atoms with E-state index < -0.39 is 6.43 Å². The number of pyridine rings is 2. The minimum absolute atomic E-state index is 0.0137. The van der Waals surface area contributed by atoms with E-state index in [2.05, 4.69) is 56.0 Å². The van der Waals surface area contributed by atoms with Crippen LogP contribution in [-0.4, -0.2) is 72.8 Å². The van der Waals surface area contributed by atoms with Gasteiger partial charge < -0.3 is 19.9 Å². The molecule has 2 aromatic rings. The van der Waals surface area contributed by atoms with Crippen LogP contribution in [0.5, 0.6) is 0 Å². The van der Waals surface area contributed by atoms with Gasteiger partial charge in [-0.1, -0.05) is 0 Å². The van der Waals surface area contributed by atoms with Gasteiger partial charge in [0.05, 0.1) is 17.4 Å². The zero-order chi connectivity index (χ0) is 26.0. The highest BCUT2D eigenvalue weighted by Gasteiger charge is 2.48. The Morgan fingerprint density at radius 2 is 1.92 bits per heavy atom. The van der Waals surface area contributed by atoms with Crippen LogP contribution >= 0.6 is 0 Å². The Kier molecular flexibility index (Phi) is 6.09. The number of piperidine rings is 1. The number of aryl methyl sites for hydroxylation is 1. The van der Waals surface area contributed by atoms with E-state index in [1.165, 1.54) is 11.1 Å². The smallest absolute Gasteiger partial charge is 0.280 e. The quantitative estimate of drug-likeness (QED) is 0.649. The van der Waals surface area contributed by atoms with E-state index in [-0.39, 0.29) is 17.4 Å². The molecule has 0 aliphatic carbocycles. The number of alkyl halides is 2. The number of nitrogens with one attached hydrogen (secondary N) is 1. The van der Waals surface area contributed by atoms with Crippen molar-refractivity contribution in [1.29, 1.82) is 0 Å². The van der Waals surface area contributed by atoms with Crippen LogP contribution in [0.3, 0.4) is 0 Å². The second-order valence-corrected chi connectivity index (χ2v) is 11.8. The molecule has 0 radical (unpaired) electrons. The van der Waals surface area contributed by atoms with Crippen LogP contribution < -0.4 is 15.1 Å². The van der Waals surface area contributed by atoms with Crippen LogP contribution in [0.1, 0.15) is 73.2 Å². The Bertz CT molecular complexity index is 1210. The largest absolute Gasteiger partial charge is 0.365 e. The average molecular weight is 525 g/mol. The maximum absolute atomic E-state index is 14.4. The Morgan fingerprint density at radius 1 is 1.13 bits per heavy atom.